The van der Waals surface area contributed by atoms with Crippen molar-refractivity contribution in [3.05, 3.63) is 62.5 Å². The van der Waals surface area contributed by atoms with E-state index in [0.29, 0.717) is 22.4 Å². The topological polar surface area (TPSA) is 55.5 Å². The average molecular weight is 434 g/mol. The number of rotatable bonds is 3. The molecule has 3 aromatic rings. The summed E-state index contributed by atoms with van der Waals surface area (Å²) in [6.07, 6.45) is 0. The van der Waals surface area contributed by atoms with Crippen LogP contribution in [-0.4, -0.2) is 51.7 Å². The molecule has 2 aromatic heterocycles. The van der Waals surface area contributed by atoms with Gasteiger partial charge in [0.2, 0.25) is 0 Å². The number of aliphatic imine (C=N–C) groups is 1. The van der Waals surface area contributed by atoms with E-state index in [2.05, 4.69) is 19.7 Å². The summed E-state index contributed by atoms with van der Waals surface area (Å²) in [5.41, 5.74) is 2.70. The molecule has 28 heavy (non-hydrogen) atoms. The van der Waals surface area contributed by atoms with Crippen LogP contribution in [0.15, 0.2) is 35.3 Å². The Bertz CT molecular complexity index is 1050. The monoisotopic (exact) mass is 433 g/mol. The molecule has 1 saturated heterocycles. The van der Waals surface area contributed by atoms with Gasteiger partial charge in [-0.1, -0.05) is 41.4 Å². The lowest BCUT2D eigenvalue weighted by molar-refractivity contribution is 0.0328. The molecule has 0 amide bonds. The van der Waals surface area contributed by atoms with Gasteiger partial charge in [0.1, 0.15) is 11.5 Å². The Morgan fingerprint density at radius 1 is 1.07 bits per heavy atom. The van der Waals surface area contributed by atoms with Crippen LogP contribution < -0.4 is 0 Å². The van der Waals surface area contributed by atoms with Crippen molar-refractivity contribution >= 4 is 40.3 Å². The van der Waals surface area contributed by atoms with Crippen molar-refractivity contribution < 1.29 is 4.74 Å². The Labute approximate surface area is 176 Å². The van der Waals surface area contributed by atoms with Crippen molar-refractivity contribution in [1.29, 1.82) is 0 Å². The first kappa shape index (κ1) is 18.3. The second-order valence-electron chi connectivity index (χ2n) is 6.67. The Morgan fingerprint density at radius 3 is 2.71 bits per heavy atom. The highest BCUT2D eigenvalue weighted by Gasteiger charge is 2.27. The molecule has 2 aliphatic rings. The van der Waals surface area contributed by atoms with Crippen LogP contribution in [0.3, 0.4) is 0 Å². The first-order valence-corrected chi connectivity index (χ1v) is 10.6. The largest absolute Gasteiger partial charge is 0.379 e. The molecule has 0 aliphatic carbocycles. The minimum atomic E-state index is 0.440. The molecule has 0 unspecified atom stereocenters. The van der Waals surface area contributed by atoms with E-state index in [1.807, 2.05) is 30.3 Å². The predicted molar refractivity (Wildman–Crippen MR) is 111 cm³/mol. The molecule has 6 nitrogen and oxygen atoms in total. The molecule has 5 rings (SSSR count). The minimum Gasteiger partial charge on any atom is -0.379 e. The quantitative estimate of drug-likeness (QED) is 0.629. The molecular weight excluding hydrogens is 417 g/mol. The lowest BCUT2D eigenvalue weighted by atomic mass is 10.0. The minimum absolute atomic E-state index is 0.440. The number of halogens is 2. The number of morpholine rings is 1. The standard InChI is InChI=1S/C19H17Cl2N5OS/c20-14-4-2-1-3-12(14)18-13-9-15(21)28-19(13)26-16(10-22-18)23-24-17(26)11-25-5-7-27-8-6-25/h1-4,9H,5-8,10-11H2. The molecule has 0 saturated carbocycles. The molecule has 144 valence electrons. The third kappa shape index (κ3) is 3.27. The first-order valence-electron chi connectivity index (χ1n) is 9.03. The van der Waals surface area contributed by atoms with Crippen LogP contribution in [0.1, 0.15) is 22.8 Å². The van der Waals surface area contributed by atoms with Gasteiger partial charge in [0.05, 0.1) is 29.8 Å². The number of nitrogens with zero attached hydrogens (tertiary/aromatic N) is 5. The van der Waals surface area contributed by atoms with Gasteiger partial charge in [-0.15, -0.1) is 21.5 Å². The summed E-state index contributed by atoms with van der Waals surface area (Å²) in [4.78, 5) is 7.16. The van der Waals surface area contributed by atoms with Gasteiger partial charge in [0, 0.05) is 29.2 Å². The van der Waals surface area contributed by atoms with Crippen LogP contribution >= 0.6 is 34.5 Å². The summed E-state index contributed by atoms with van der Waals surface area (Å²) in [7, 11) is 0. The van der Waals surface area contributed by atoms with Gasteiger partial charge in [0.15, 0.2) is 11.6 Å². The summed E-state index contributed by atoms with van der Waals surface area (Å²) in [6.45, 7) is 4.43. The van der Waals surface area contributed by atoms with E-state index in [9.17, 15) is 0 Å². The maximum Gasteiger partial charge on any atom is 0.160 e. The molecular formula is C19H17Cl2N5OS. The number of hydrogen-bond acceptors (Lipinski definition) is 6. The van der Waals surface area contributed by atoms with Crippen molar-refractivity contribution in [3.8, 4) is 5.00 Å². The molecule has 0 bridgehead atoms. The highest BCUT2D eigenvalue weighted by atomic mass is 35.5. The molecule has 1 aromatic carbocycles. The Morgan fingerprint density at radius 2 is 1.89 bits per heavy atom. The highest BCUT2D eigenvalue weighted by Crippen LogP contribution is 2.36. The lowest BCUT2D eigenvalue weighted by Crippen LogP contribution is -2.36. The van der Waals surface area contributed by atoms with Crippen LogP contribution in [0.25, 0.3) is 5.00 Å². The van der Waals surface area contributed by atoms with E-state index in [0.717, 1.165) is 59.8 Å². The summed E-state index contributed by atoms with van der Waals surface area (Å²) in [5.74, 6) is 1.71. The Kier molecular flexibility index (Phi) is 4.94. The zero-order valence-corrected chi connectivity index (χ0v) is 17.3. The third-order valence-electron chi connectivity index (χ3n) is 4.91. The van der Waals surface area contributed by atoms with Crippen molar-refractivity contribution in [3.63, 3.8) is 0 Å². The van der Waals surface area contributed by atoms with Crippen LogP contribution in [0.5, 0.6) is 0 Å². The lowest BCUT2D eigenvalue weighted by Gasteiger charge is -2.26. The fourth-order valence-corrected chi connectivity index (χ4v) is 5.04. The van der Waals surface area contributed by atoms with E-state index >= 15 is 0 Å². The van der Waals surface area contributed by atoms with Crippen LogP contribution in [0, 0.1) is 0 Å². The zero-order chi connectivity index (χ0) is 19.1. The van der Waals surface area contributed by atoms with Crippen molar-refractivity contribution in [2.75, 3.05) is 26.3 Å². The molecule has 2 aliphatic heterocycles. The highest BCUT2D eigenvalue weighted by molar-refractivity contribution is 7.19. The molecule has 0 spiro atoms. The number of aromatic nitrogens is 3. The van der Waals surface area contributed by atoms with Gasteiger partial charge in [-0.3, -0.25) is 14.5 Å². The van der Waals surface area contributed by atoms with Crippen molar-refractivity contribution in [1.82, 2.24) is 19.7 Å². The van der Waals surface area contributed by atoms with Crippen molar-refractivity contribution in [2.45, 2.75) is 13.1 Å². The molecule has 1 fully saturated rings. The predicted octanol–water partition coefficient (Wildman–Crippen LogP) is 3.82. The van der Waals surface area contributed by atoms with Crippen molar-refractivity contribution in [2.24, 2.45) is 4.99 Å². The third-order valence-corrected chi connectivity index (χ3v) is 6.49. The van der Waals surface area contributed by atoms with Crippen LogP contribution in [0.2, 0.25) is 9.36 Å². The zero-order valence-electron chi connectivity index (χ0n) is 14.9. The molecule has 0 N–H and O–H groups in total. The van der Waals surface area contributed by atoms with Gasteiger partial charge in [0.25, 0.3) is 0 Å². The summed E-state index contributed by atoms with van der Waals surface area (Å²) < 4.78 is 8.26. The summed E-state index contributed by atoms with van der Waals surface area (Å²) in [5, 5.41) is 10.5. The molecule has 0 radical (unpaired) electrons. The Balaban J connectivity index is 1.59. The summed E-state index contributed by atoms with van der Waals surface area (Å²) in [6, 6.07) is 9.70. The number of benzene rings is 1. The van der Waals surface area contributed by atoms with Gasteiger partial charge >= 0.3 is 0 Å². The Hall–Kier alpha value is -1.77. The molecule has 0 atom stereocenters. The second kappa shape index (κ2) is 7.57. The maximum atomic E-state index is 6.47. The van der Waals surface area contributed by atoms with Gasteiger partial charge in [-0.25, -0.2) is 0 Å². The van der Waals surface area contributed by atoms with Crippen LogP contribution in [0.4, 0.5) is 0 Å². The van der Waals surface area contributed by atoms with Gasteiger partial charge in [-0.05, 0) is 12.1 Å². The van der Waals surface area contributed by atoms with Gasteiger partial charge < -0.3 is 4.74 Å². The fourth-order valence-electron chi connectivity index (χ4n) is 3.56. The molecule has 4 heterocycles. The SMILES string of the molecule is Clc1cc2c(s1)-n1c(nnc1CN1CCOCC1)CN=C2c1ccccc1Cl. The first-order chi connectivity index (χ1) is 13.7. The number of fused-ring (bicyclic) bond motifs is 3. The molecule has 9 heteroatoms. The maximum absolute atomic E-state index is 6.47. The number of ether oxygens (including phenoxy) is 1. The van der Waals surface area contributed by atoms with E-state index in [4.69, 9.17) is 32.9 Å². The number of thiophene rings is 1. The second-order valence-corrected chi connectivity index (χ2v) is 8.74. The van der Waals surface area contributed by atoms with E-state index in [1.165, 1.54) is 11.3 Å². The van der Waals surface area contributed by atoms with E-state index in [1.54, 1.807) is 0 Å². The number of hydrogen-bond donors (Lipinski definition) is 0. The van der Waals surface area contributed by atoms with Crippen LogP contribution in [-0.2, 0) is 17.8 Å². The average Bonchev–Trinajstić information content (AvgIpc) is 3.23. The van der Waals surface area contributed by atoms with E-state index < -0.39 is 0 Å². The normalized spacial score (nSPS) is 17.0. The fraction of sp³-hybridized carbons (Fsp3) is 0.316. The van der Waals surface area contributed by atoms with Gasteiger partial charge in [-0.2, -0.15) is 0 Å². The smallest absolute Gasteiger partial charge is 0.160 e. The summed E-state index contributed by atoms with van der Waals surface area (Å²) >= 11 is 14.4. The van der Waals surface area contributed by atoms with E-state index in [-0.39, 0.29) is 0 Å².